The summed E-state index contributed by atoms with van der Waals surface area (Å²) in [6, 6.07) is 9.01. The van der Waals surface area contributed by atoms with Crippen LogP contribution in [-0.4, -0.2) is 14.5 Å². The molecule has 3 nitrogen and oxygen atoms in total. The van der Waals surface area contributed by atoms with Crippen molar-refractivity contribution in [3.8, 4) is 0 Å². The Balaban J connectivity index is 1.86. The second-order valence-electron chi connectivity index (χ2n) is 5.13. The van der Waals surface area contributed by atoms with Crippen LogP contribution < -0.4 is 0 Å². The molecule has 0 aliphatic heterocycles. The van der Waals surface area contributed by atoms with Crippen LogP contribution in [0.4, 0.5) is 13.2 Å². The van der Waals surface area contributed by atoms with Crippen LogP contribution >= 0.6 is 11.8 Å². The summed E-state index contributed by atoms with van der Waals surface area (Å²) in [4.78, 5) is 8.82. The highest BCUT2D eigenvalue weighted by molar-refractivity contribution is 7.98. The summed E-state index contributed by atoms with van der Waals surface area (Å²) in [6.45, 7) is 4.27. The molecular weight excluding hydrogens is 335 g/mol. The fourth-order valence-electron chi connectivity index (χ4n) is 2.33. The molecule has 124 valence electrons. The minimum absolute atomic E-state index is 0.393. The SMILES string of the molecule is C=CCn1c(SCc2cccc(C(F)(F)F)c2)nc2cccnc21. The van der Waals surface area contributed by atoms with E-state index in [1.807, 2.05) is 10.6 Å². The first-order valence-electron chi connectivity index (χ1n) is 7.20. The average molecular weight is 349 g/mol. The molecule has 0 atom stereocenters. The number of rotatable bonds is 5. The second-order valence-corrected chi connectivity index (χ2v) is 6.07. The summed E-state index contributed by atoms with van der Waals surface area (Å²) < 4.78 is 40.3. The van der Waals surface area contributed by atoms with E-state index >= 15 is 0 Å². The van der Waals surface area contributed by atoms with Crippen LogP contribution in [0.3, 0.4) is 0 Å². The van der Waals surface area contributed by atoms with Crippen molar-refractivity contribution in [3.05, 3.63) is 66.4 Å². The highest BCUT2D eigenvalue weighted by Crippen LogP contribution is 2.31. The predicted octanol–water partition coefficient (Wildman–Crippen LogP) is 4.93. The van der Waals surface area contributed by atoms with Crippen LogP contribution in [-0.2, 0) is 18.5 Å². The van der Waals surface area contributed by atoms with Crippen LogP contribution in [0.5, 0.6) is 0 Å². The fourth-order valence-corrected chi connectivity index (χ4v) is 3.28. The predicted molar refractivity (Wildman–Crippen MR) is 88.7 cm³/mol. The molecule has 0 N–H and O–H groups in total. The number of hydrogen-bond acceptors (Lipinski definition) is 3. The van der Waals surface area contributed by atoms with Crippen molar-refractivity contribution in [2.45, 2.75) is 23.6 Å². The number of pyridine rings is 1. The third kappa shape index (κ3) is 3.46. The maximum Gasteiger partial charge on any atom is 0.416 e. The van der Waals surface area contributed by atoms with Gasteiger partial charge in [0.15, 0.2) is 10.8 Å². The molecule has 0 unspecified atom stereocenters. The molecule has 1 aromatic carbocycles. The minimum atomic E-state index is -4.33. The molecule has 0 spiro atoms. The van der Waals surface area contributed by atoms with E-state index in [-0.39, 0.29) is 0 Å². The van der Waals surface area contributed by atoms with Gasteiger partial charge in [0.2, 0.25) is 0 Å². The molecule has 0 aliphatic rings. The Labute approximate surface area is 141 Å². The highest BCUT2D eigenvalue weighted by Gasteiger charge is 2.30. The Morgan fingerprint density at radius 2 is 2.04 bits per heavy atom. The van der Waals surface area contributed by atoms with E-state index in [4.69, 9.17) is 0 Å². The molecule has 0 saturated carbocycles. The summed E-state index contributed by atoms with van der Waals surface area (Å²) in [7, 11) is 0. The number of halogens is 3. The van der Waals surface area contributed by atoms with E-state index in [1.54, 1.807) is 24.4 Å². The zero-order chi connectivity index (χ0) is 17.2. The quantitative estimate of drug-likeness (QED) is 0.483. The first kappa shape index (κ1) is 16.6. The zero-order valence-electron chi connectivity index (χ0n) is 12.6. The lowest BCUT2D eigenvalue weighted by Crippen LogP contribution is -2.05. The number of hydrogen-bond donors (Lipinski definition) is 0. The molecule has 24 heavy (non-hydrogen) atoms. The van der Waals surface area contributed by atoms with E-state index in [0.717, 1.165) is 17.2 Å². The lowest BCUT2D eigenvalue weighted by atomic mass is 10.1. The topological polar surface area (TPSA) is 30.7 Å². The van der Waals surface area contributed by atoms with Crippen molar-refractivity contribution in [1.29, 1.82) is 0 Å². The number of aromatic nitrogens is 3. The van der Waals surface area contributed by atoms with Crippen molar-refractivity contribution in [3.63, 3.8) is 0 Å². The molecule has 0 amide bonds. The van der Waals surface area contributed by atoms with Crippen molar-refractivity contribution >= 4 is 22.9 Å². The second kappa shape index (κ2) is 6.68. The zero-order valence-corrected chi connectivity index (χ0v) is 13.4. The number of fused-ring (bicyclic) bond motifs is 1. The van der Waals surface area contributed by atoms with Gasteiger partial charge in [-0.05, 0) is 23.8 Å². The molecule has 7 heteroatoms. The summed E-state index contributed by atoms with van der Waals surface area (Å²) in [5.41, 5.74) is 1.46. The number of imidazole rings is 1. The minimum Gasteiger partial charge on any atom is -0.300 e. The lowest BCUT2D eigenvalue weighted by molar-refractivity contribution is -0.137. The first-order valence-corrected chi connectivity index (χ1v) is 8.18. The van der Waals surface area contributed by atoms with Crippen molar-refractivity contribution in [1.82, 2.24) is 14.5 Å². The standard InChI is InChI=1S/C17H14F3N3S/c1-2-9-23-15-14(7-4-8-21-15)22-16(23)24-11-12-5-3-6-13(10-12)17(18,19)20/h2-8,10H,1,9,11H2. The van der Waals surface area contributed by atoms with Crippen LogP contribution in [0.15, 0.2) is 60.4 Å². The van der Waals surface area contributed by atoms with Gasteiger partial charge in [-0.3, -0.25) is 4.57 Å². The maximum absolute atomic E-state index is 12.8. The molecule has 3 rings (SSSR count). The lowest BCUT2D eigenvalue weighted by Gasteiger charge is -2.09. The number of alkyl halides is 3. The summed E-state index contributed by atoms with van der Waals surface area (Å²) in [6.07, 6.45) is -0.907. The molecule has 0 bridgehead atoms. The van der Waals surface area contributed by atoms with Gasteiger partial charge in [0, 0.05) is 18.5 Å². The van der Waals surface area contributed by atoms with Crippen molar-refractivity contribution in [2.75, 3.05) is 0 Å². The molecule has 0 radical (unpaired) electrons. The molecule has 3 aromatic rings. The van der Waals surface area contributed by atoms with Crippen molar-refractivity contribution < 1.29 is 13.2 Å². The van der Waals surface area contributed by atoms with Gasteiger partial charge in [0.1, 0.15) is 5.52 Å². The number of nitrogens with zero attached hydrogens (tertiary/aromatic N) is 3. The van der Waals surface area contributed by atoms with Gasteiger partial charge in [-0.2, -0.15) is 13.2 Å². The summed E-state index contributed by atoms with van der Waals surface area (Å²) in [5.74, 6) is 0.393. The van der Waals surface area contributed by atoms with E-state index in [2.05, 4.69) is 16.5 Å². The van der Waals surface area contributed by atoms with Gasteiger partial charge in [-0.1, -0.05) is 36.0 Å². The molecule has 2 heterocycles. The van der Waals surface area contributed by atoms with Crippen LogP contribution in [0.1, 0.15) is 11.1 Å². The largest absolute Gasteiger partial charge is 0.416 e. The fraction of sp³-hybridized carbons (Fsp3) is 0.176. The Kier molecular flexibility index (Phi) is 4.62. The Hall–Kier alpha value is -2.28. The normalized spacial score (nSPS) is 11.8. The molecule has 2 aromatic heterocycles. The Morgan fingerprint density at radius 1 is 1.21 bits per heavy atom. The van der Waals surface area contributed by atoms with Crippen molar-refractivity contribution in [2.24, 2.45) is 0 Å². The van der Waals surface area contributed by atoms with E-state index < -0.39 is 11.7 Å². The van der Waals surface area contributed by atoms with Crippen LogP contribution in [0.25, 0.3) is 11.2 Å². The highest BCUT2D eigenvalue weighted by atomic mass is 32.2. The van der Waals surface area contributed by atoms with E-state index in [1.165, 1.54) is 23.9 Å². The molecule has 0 fully saturated rings. The maximum atomic E-state index is 12.8. The molecular formula is C17H14F3N3S. The van der Waals surface area contributed by atoms with E-state index in [0.29, 0.717) is 23.0 Å². The number of benzene rings is 1. The number of allylic oxidation sites excluding steroid dienone is 1. The smallest absolute Gasteiger partial charge is 0.300 e. The van der Waals surface area contributed by atoms with Crippen LogP contribution in [0.2, 0.25) is 0 Å². The number of thioether (sulfide) groups is 1. The van der Waals surface area contributed by atoms with Gasteiger partial charge in [0.05, 0.1) is 5.56 Å². The third-order valence-corrected chi connectivity index (χ3v) is 4.45. The molecule has 0 aliphatic carbocycles. The summed E-state index contributed by atoms with van der Waals surface area (Å²) in [5, 5.41) is 0.709. The van der Waals surface area contributed by atoms with E-state index in [9.17, 15) is 13.2 Å². The van der Waals surface area contributed by atoms with Gasteiger partial charge < -0.3 is 0 Å². The van der Waals surface area contributed by atoms with Gasteiger partial charge in [-0.15, -0.1) is 6.58 Å². The third-order valence-electron chi connectivity index (χ3n) is 3.40. The molecule has 0 saturated heterocycles. The monoisotopic (exact) mass is 349 g/mol. The first-order chi connectivity index (χ1) is 11.5. The van der Waals surface area contributed by atoms with Crippen LogP contribution in [0, 0.1) is 0 Å². The summed E-state index contributed by atoms with van der Waals surface area (Å²) >= 11 is 1.38. The van der Waals surface area contributed by atoms with Gasteiger partial charge in [-0.25, -0.2) is 9.97 Å². The Morgan fingerprint density at radius 3 is 2.79 bits per heavy atom. The average Bonchev–Trinajstić information content (AvgIpc) is 2.91. The van der Waals surface area contributed by atoms with Gasteiger partial charge in [0.25, 0.3) is 0 Å². The Bertz CT molecular complexity index is 871. The van der Waals surface area contributed by atoms with Gasteiger partial charge >= 0.3 is 6.18 Å².